The zero-order valence-electron chi connectivity index (χ0n) is 13.0. The van der Waals surface area contributed by atoms with Crippen LogP contribution in [0, 0.1) is 0 Å². The number of hydrogen-bond acceptors (Lipinski definition) is 7. The first-order chi connectivity index (χ1) is 10.5. The van der Waals surface area contributed by atoms with Crippen LogP contribution in [0.3, 0.4) is 0 Å². The molecule has 22 heavy (non-hydrogen) atoms. The van der Waals surface area contributed by atoms with Gasteiger partial charge in [-0.05, 0) is 12.8 Å². The maximum atomic E-state index is 5.88. The van der Waals surface area contributed by atoms with Gasteiger partial charge in [-0.3, -0.25) is 4.98 Å². The third-order valence-corrected chi connectivity index (χ3v) is 3.05. The fourth-order valence-corrected chi connectivity index (χ4v) is 1.89. The first-order valence-electron chi connectivity index (χ1n) is 7.13. The molecule has 7 nitrogen and oxygen atoms in total. The minimum atomic E-state index is 0.112. The molecule has 2 aromatic rings. The topological polar surface area (TPSA) is 109 Å². The van der Waals surface area contributed by atoms with Gasteiger partial charge in [-0.2, -0.15) is 4.98 Å². The lowest BCUT2D eigenvalue weighted by molar-refractivity contribution is 0.131. The van der Waals surface area contributed by atoms with Gasteiger partial charge in [0.2, 0.25) is 5.95 Å². The van der Waals surface area contributed by atoms with Crippen LogP contribution < -0.4 is 16.2 Å². The van der Waals surface area contributed by atoms with Crippen LogP contribution in [0.25, 0.3) is 0 Å². The van der Waals surface area contributed by atoms with Gasteiger partial charge in [-0.25, -0.2) is 4.98 Å². The summed E-state index contributed by atoms with van der Waals surface area (Å²) in [6.07, 6.45) is 3.26. The molecule has 0 bridgehead atoms. The molecule has 0 spiro atoms. The van der Waals surface area contributed by atoms with E-state index in [4.69, 9.17) is 20.9 Å². The minimum absolute atomic E-state index is 0.112. The van der Waals surface area contributed by atoms with Gasteiger partial charge in [0, 0.05) is 24.4 Å². The summed E-state index contributed by atoms with van der Waals surface area (Å²) in [6, 6.07) is 1.85. The molecule has 0 atom stereocenters. The summed E-state index contributed by atoms with van der Waals surface area (Å²) in [5, 5.41) is 0. The van der Waals surface area contributed by atoms with Gasteiger partial charge in [-0.15, -0.1) is 0 Å². The van der Waals surface area contributed by atoms with E-state index in [0.29, 0.717) is 24.7 Å². The molecular formula is C15H21N5O2. The Morgan fingerprint density at radius 3 is 2.55 bits per heavy atom. The van der Waals surface area contributed by atoms with Crippen molar-refractivity contribution in [3.63, 3.8) is 0 Å². The van der Waals surface area contributed by atoms with Crippen molar-refractivity contribution < 1.29 is 9.47 Å². The van der Waals surface area contributed by atoms with Crippen LogP contribution in [0.5, 0.6) is 11.5 Å². The Bertz CT molecular complexity index is 646. The number of anilines is 2. The Labute approximate surface area is 129 Å². The summed E-state index contributed by atoms with van der Waals surface area (Å²) in [6.45, 7) is 7.12. The predicted octanol–water partition coefficient (Wildman–Crippen LogP) is 2.49. The molecule has 7 heteroatoms. The van der Waals surface area contributed by atoms with Crippen molar-refractivity contribution in [3.05, 3.63) is 29.7 Å². The number of pyridine rings is 1. The van der Waals surface area contributed by atoms with E-state index in [9.17, 15) is 0 Å². The summed E-state index contributed by atoms with van der Waals surface area (Å²) in [4.78, 5) is 12.2. The molecule has 0 saturated heterocycles. The Morgan fingerprint density at radius 1 is 1.14 bits per heavy atom. The quantitative estimate of drug-likeness (QED) is 0.843. The molecule has 0 saturated carbocycles. The molecular weight excluding hydrogens is 282 g/mol. The van der Waals surface area contributed by atoms with Gasteiger partial charge in [-0.1, -0.05) is 13.8 Å². The summed E-state index contributed by atoms with van der Waals surface area (Å²) in [5.41, 5.74) is 13.1. The summed E-state index contributed by atoms with van der Waals surface area (Å²) >= 11 is 0. The highest BCUT2D eigenvalue weighted by molar-refractivity contribution is 5.50. The first kappa shape index (κ1) is 16.0. The van der Waals surface area contributed by atoms with Crippen LogP contribution in [-0.2, 0) is 11.3 Å². The standard InChI is InChI=1S/C15H21N5O2/c1-4-21-8-10-5-12(11(6-18-10)9(2)3)22-13-7-19-15(17)20-14(13)16/h5-7,9H,4,8H2,1-3H3,(H4,16,17,19,20). The molecule has 0 aliphatic rings. The van der Waals surface area contributed by atoms with Crippen LogP contribution in [0.1, 0.15) is 37.9 Å². The third-order valence-electron chi connectivity index (χ3n) is 3.05. The first-order valence-corrected chi connectivity index (χ1v) is 7.13. The second-order valence-corrected chi connectivity index (χ2v) is 5.09. The van der Waals surface area contributed by atoms with Gasteiger partial charge in [0.05, 0.1) is 18.5 Å². The van der Waals surface area contributed by atoms with Crippen LogP contribution in [0.2, 0.25) is 0 Å². The van der Waals surface area contributed by atoms with Crippen molar-refractivity contribution in [2.45, 2.75) is 33.3 Å². The van der Waals surface area contributed by atoms with Crippen molar-refractivity contribution in [1.29, 1.82) is 0 Å². The molecule has 0 aliphatic carbocycles. The highest BCUT2D eigenvalue weighted by atomic mass is 16.5. The monoisotopic (exact) mass is 303 g/mol. The zero-order chi connectivity index (χ0) is 16.1. The molecule has 0 amide bonds. The second kappa shape index (κ2) is 7.04. The molecule has 0 radical (unpaired) electrons. The molecule has 0 aliphatic heterocycles. The largest absolute Gasteiger partial charge is 0.451 e. The average Bonchev–Trinajstić information content (AvgIpc) is 2.48. The lowest BCUT2D eigenvalue weighted by Gasteiger charge is -2.15. The fraction of sp³-hybridized carbons (Fsp3) is 0.400. The Hall–Kier alpha value is -2.41. The normalized spacial score (nSPS) is 10.9. The Kier molecular flexibility index (Phi) is 5.11. The molecule has 2 aromatic heterocycles. The number of aromatic nitrogens is 3. The van der Waals surface area contributed by atoms with Gasteiger partial charge in [0.15, 0.2) is 11.6 Å². The number of nitrogen functional groups attached to an aromatic ring is 2. The van der Waals surface area contributed by atoms with E-state index in [0.717, 1.165) is 11.3 Å². The Balaban J connectivity index is 2.33. The lowest BCUT2D eigenvalue weighted by Crippen LogP contribution is -2.04. The van der Waals surface area contributed by atoms with Crippen molar-refractivity contribution in [3.8, 4) is 11.5 Å². The minimum Gasteiger partial charge on any atom is -0.451 e. The van der Waals surface area contributed by atoms with Crippen molar-refractivity contribution in [2.75, 3.05) is 18.1 Å². The molecule has 0 fully saturated rings. The third kappa shape index (κ3) is 3.82. The van der Waals surface area contributed by atoms with E-state index < -0.39 is 0 Å². The summed E-state index contributed by atoms with van der Waals surface area (Å²) in [7, 11) is 0. The van der Waals surface area contributed by atoms with Crippen molar-refractivity contribution in [1.82, 2.24) is 15.0 Å². The fourth-order valence-electron chi connectivity index (χ4n) is 1.89. The van der Waals surface area contributed by atoms with Crippen molar-refractivity contribution >= 4 is 11.8 Å². The van der Waals surface area contributed by atoms with Gasteiger partial charge >= 0.3 is 0 Å². The molecule has 4 N–H and O–H groups in total. The van der Waals surface area contributed by atoms with Gasteiger partial charge < -0.3 is 20.9 Å². The second-order valence-electron chi connectivity index (χ2n) is 5.09. The Morgan fingerprint density at radius 2 is 1.91 bits per heavy atom. The van der Waals surface area contributed by atoms with E-state index in [2.05, 4.69) is 28.8 Å². The van der Waals surface area contributed by atoms with E-state index in [1.54, 1.807) is 6.20 Å². The molecule has 118 valence electrons. The number of ether oxygens (including phenoxy) is 2. The highest BCUT2D eigenvalue weighted by Gasteiger charge is 2.13. The SMILES string of the molecule is CCOCc1cc(Oc2cnc(N)nc2N)c(C(C)C)cn1. The van der Waals surface area contributed by atoms with E-state index in [1.165, 1.54) is 6.20 Å². The molecule has 2 rings (SSSR count). The number of rotatable bonds is 6. The van der Waals surface area contributed by atoms with E-state index in [-0.39, 0.29) is 17.7 Å². The molecule has 0 aromatic carbocycles. The smallest absolute Gasteiger partial charge is 0.222 e. The van der Waals surface area contributed by atoms with E-state index in [1.807, 2.05) is 13.0 Å². The van der Waals surface area contributed by atoms with Crippen LogP contribution in [0.15, 0.2) is 18.5 Å². The summed E-state index contributed by atoms with van der Waals surface area (Å²) in [5.74, 6) is 1.59. The highest BCUT2D eigenvalue weighted by Crippen LogP contribution is 2.32. The maximum Gasteiger partial charge on any atom is 0.222 e. The average molecular weight is 303 g/mol. The van der Waals surface area contributed by atoms with Crippen LogP contribution in [-0.4, -0.2) is 21.6 Å². The van der Waals surface area contributed by atoms with Crippen molar-refractivity contribution in [2.24, 2.45) is 0 Å². The predicted molar refractivity (Wildman–Crippen MR) is 84.6 cm³/mol. The van der Waals surface area contributed by atoms with E-state index >= 15 is 0 Å². The van der Waals surface area contributed by atoms with Gasteiger partial charge in [0.1, 0.15) is 5.75 Å². The molecule has 0 unspecified atom stereocenters. The van der Waals surface area contributed by atoms with Crippen LogP contribution in [0.4, 0.5) is 11.8 Å². The van der Waals surface area contributed by atoms with Crippen LogP contribution >= 0.6 is 0 Å². The lowest BCUT2D eigenvalue weighted by atomic mass is 10.0. The number of nitrogens with two attached hydrogens (primary N) is 2. The number of nitrogens with zero attached hydrogens (tertiary/aromatic N) is 3. The number of hydrogen-bond donors (Lipinski definition) is 2. The maximum absolute atomic E-state index is 5.88. The summed E-state index contributed by atoms with van der Waals surface area (Å²) < 4.78 is 11.3. The molecule has 2 heterocycles. The van der Waals surface area contributed by atoms with Gasteiger partial charge in [0.25, 0.3) is 0 Å². The zero-order valence-corrected chi connectivity index (χ0v) is 13.0.